The van der Waals surface area contributed by atoms with E-state index in [-0.39, 0.29) is 33.5 Å². The highest BCUT2D eigenvalue weighted by Gasteiger charge is 2.35. The third kappa shape index (κ3) is 4.29. The van der Waals surface area contributed by atoms with E-state index in [1.165, 1.54) is 30.3 Å². The van der Waals surface area contributed by atoms with Gasteiger partial charge >= 0.3 is 0 Å². The van der Waals surface area contributed by atoms with Gasteiger partial charge < -0.3 is 28.8 Å². The highest BCUT2D eigenvalue weighted by molar-refractivity contribution is 7.92. The Labute approximate surface area is 213 Å². The van der Waals surface area contributed by atoms with Crippen LogP contribution in [0.4, 0.5) is 11.4 Å². The molecule has 2 unspecified atom stereocenters. The molecule has 37 heavy (non-hydrogen) atoms. The van der Waals surface area contributed by atoms with Crippen LogP contribution in [0, 0.1) is 5.92 Å². The van der Waals surface area contributed by atoms with Gasteiger partial charge in [-0.1, -0.05) is 12.1 Å². The summed E-state index contributed by atoms with van der Waals surface area (Å²) in [4.78, 5) is 26.0. The average Bonchev–Trinajstić information content (AvgIpc) is 2.88. The zero-order valence-electron chi connectivity index (χ0n) is 19.8. The number of anilines is 2. The molecule has 0 amide bonds. The predicted molar refractivity (Wildman–Crippen MR) is 133 cm³/mol. The van der Waals surface area contributed by atoms with Gasteiger partial charge in [0.05, 0.1) is 22.2 Å². The number of carboxylic acids is 1. The van der Waals surface area contributed by atoms with Gasteiger partial charge in [0.1, 0.15) is 13.2 Å². The van der Waals surface area contributed by atoms with E-state index in [1.54, 1.807) is 18.2 Å². The number of carbonyl (C=O) groups excluding carboxylic acids is 1. The Bertz CT molecular complexity index is 1570. The van der Waals surface area contributed by atoms with Crippen LogP contribution in [-0.4, -0.2) is 45.3 Å². The molecule has 3 aliphatic heterocycles. The molecule has 4 heterocycles. The van der Waals surface area contributed by atoms with E-state index < -0.39 is 16.0 Å². The van der Waals surface area contributed by atoms with Crippen molar-refractivity contribution in [2.45, 2.75) is 23.8 Å². The number of sulfonamides is 1. The van der Waals surface area contributed by atoms with Gasteiger partial charge in [-0.3, -0.25) is 9.52 Å². The van der Waals surface area contributed by atoms with Gasteiger partial charge in [0.2, 0.25) is 0 Å². The highest BCUT2D eigenvalue weighted by atomic mass is 32.2. The van der Waals surface area contributed by atoms with Crippen LogP contribution in [0.3, 0.4) is 0 Å². The van der Waals surface area contributed by atoms with Crippen LogP contribution in [-0.2, 0) is 16.6 Å². The summed E-state index contributed by atoms with van der Waals surface area (Å²) in [5.41, 5.74) is 1.50. The first kappa shape index (κ1) is 23.4. The number of hydrogen-bond donors (Lipinski definition) is 1. The zero-order valence-corrected chi connectivity index (χ0v) is 20.6. The van der Waals surface area contributed by atoms with E-state index in [2.05, 4.69) is 9.62 Å². The topological polar surface area (TPSA) is 130 Å². The predicted octanol–water partition coefficient (Wildman–Crippen LogP) is 1.41. The molecule has 2 aromatic carbocycles. The van der Waals surface area contributed by atoms with Crippen molar-refractivity contribution in [3.05, 3.63) is 76.2 Å². The molecule has 0 saturated carbocycles. The number of piperidine rings is 1. The second-order valence-corrected chi connectivity index (χ2v) is 11.2. The maximum Gasteiger partial charge on any atom is 0.262 e. The Balaban J connectivity index is 1.35. The summed E-state index contributed by atoms with van der Waals surface area (Å²) in [6.07, 6.45) is 0.926. The van der Waals surface area contributed by atoms with Gasteiger partial charge in [0.25, 0.3) is 15.6 Å². The van der Waals surface area contributed by atoms with Crippen LogP contribution in [0.5, 0.6) is 11.5 Å². The first-order valence-corrected chi connectivity index (χ1v) is 13.5. The maximum atomic E-state index is 13.4. The first-order valence-electron chi connectivity index (χ1n) is 12.0. The fraction of sp³-hybridized carbons (Fsp3) is 0.308. The van der Waals surface area contributed by atoms with Gasteiger partial charge in [0.15, 0.2) is 11.5 Å². The Morgan fingerprint density at radius 1 is 0.973 bits per heavy atom. The molecule has 1 N–H and O–H groups in total. The minimum Gasteiger partial charge on any atom is -0.545 e. The summed E-state index contributed by atoms with van der Waals surface area (Å²) in [7, 11) is -4.09. The number of nitrogens with zero attached hydrogens (tertiary/aromatic N) is 2. The molecule has 0 spiro atoms. The van der Waals surface area contributed by atoms with Crippen molar-refractivity contribution in [1.29, 1.82) is 0 Å². The Kier molecular flexibility index (Phi) is 5.59. The Hall–Kier alpha value is -3.99. The van der Waals surface area contributed by atoms with Crippen LogP contribution in [0.2, 0.25) is 0 Å². The number of ether oxygens (including phenoxy) is 2. The molecule has 10 nitrogen and oxygen atoms in total. The molecule has 11 heteroatoms. The van der Waals surface area contributed by atoms with Gasteiger partial charge in [-0.2, -0.15) is 0 Å². The van der Waals surface area contributed by atoms with Crippen molar-refractivity contribution in [3.63, 3.8) is 0 Å². The zero-order chi connectivity index (χ0) is 25.7. The first-order chi connectivity index (χ1) is 17.8. The number of fused-ring (bicyclic) bond motifs is 5. The van der Waals surface area contributed by atoms with Crippen LogP contribution >= 0.6 is 0 Å². The number of carbonyl (C=O) groups is 1. The van der Waals surface area contributed by atoms with E-state index in [0.29, 0.717) is 50.0 Å². The van der Waals surface area contributed by atoms with Crippen molar-refractivity contribution in [3.8, 4) is 11.5 Å². The summed E-state index contributed by atoms with van der Waals surface area (Å²) in [6, 6.07) is 13.9. The second kappa shape index (κ2) is 8.84. The summed E-state index contributed by atoms with van der Waals surface area (Å²) in [5.74, 6) is -0.339. The normalized spacial score (nSPS) is 20.2. The molecule has 192 valence electrons. The lowest BCUT2D eigenvalue weighted by molar-refractivity contribution is -0.255. The fourth-order valence-electron chi connectivity index (χ4n) is 5.51. The smallest absolute Gasteiger partial charge is 0.262 e. The molecular weight excluding hydrogens is 498 g/mol. The molecule has 2 bridgehead atoms. The van der Waals surface area contributed by atoms with Crippen molar-refractivity contribution >= 4 is 27.4 Å². The third-order valence-corrected chi connectivity index (χ3v) is 8.48. The lowest BCUT2D eigenvalue weighted by atomic mass is 9.83. The Morgan fingerprint density at radius 2 is 1.78 bits per heavy atom. The number of rotatable bonds is 5. The van der Waals surface area contributed by atoms with Gasteiger partial charge in [-0.05, 0) is 48.2 Å². The number of pyridine rings is 1. The molecule has 1 fully saturated rings. The summed E-state index contributed by atoms with van der Waals surface area (Å²) < 4.78 is 42.2. The molecule has 0 aliphatic carbocycles. The molecule has 2 atom stereocenters. The lowest BCUT2D eigenvalue weighted by Gasteiger charge is -2.44. The molecule has 0 radical (unpaired) electrons. The molecule has 1 saturated heterocycles. The van der Waals surface area contributed by atoms with E-state index >= 15 is 0 Å². The van der Waals surface area contributed by atoms with E-state index in [0.717, 1.165) is 12.1 Å². The van der Waals surface area contributed by atoms with Gasteiger partial charge in [-0.15, -0.1) is 0 Å². The maximum absolute atomic E-state index is 13.4. The van der Waals surface area contributed by atoms with Crippen LogP contribution < -0.4 is 29.8 Å². The number of hydrogen-bond acceptors (Lipinski definition) is 8. The summed E-state index contributed by atoms with van der Waals surface area (Å²) >= 11 is 0. The molecular formula is C26H24N3O7S-. The minimum atomic E-state index is -4.09. The molecule has 6 rings (SSSR count). The van der Waals surface area contributed by atoms with Gasteiger partial charge in [0, 0.05) is 43.4 Å². The monoisotopic (exact) mass is 522 g/mol. The fourth-order valence-corrected chi connectivity index (χ4v) is 6.59. The molecule has 3 aromatic rings. The second-order valence-electron chi connectivity index (χ2n) is 9.53. The largest absolute Gasteiger partial charge is 0.545 e. The number of aromatic carboxylic acids is 1. The number of nitrogens with one attached hydrogen (secondary N) is 1. The summed E-state index contributed by atoms with van der Waals surface area (Å²) in [5, 5.41) is 11.6. The Morgan fingerprint density at radius 3 is 2.59 bits per heavy atom. The average molecular weight is 523 g/mol. The third-order valence-electron chi connectivity index (χ3n) is 7.12. The van der Waals surface area contributed by atoms with E-state index in [1.807, 2.05) is 10.6 Å². The number of benzene rings is 2. The van der Waals surface area contributed by atoms with Crippen molar-refractivity contribution in [2.24, 2.45) is 5.92 Å². The lowest BCUT2D eigenvalue weighted by Crippen LogP contribution is -2.47. The van der Waals surface area contributed by atoms with Crippen molar-refractivity contribution < 1.29 is 27.8 Å². The van der Waals surface area contributed by atoms with Crippen LogP contribution in [0.25, 0.3) is 0 Å². The SMILES string of the molecule is O=C([O-])c1ccc(N2CC3CC(C2)c2cccc(=O)n2C3)c(NS(=O)(=O)c2ccc3c(c2)OCCO3)c1. The molecule has 1 aromatic heterocycles. The number of carboxylic acid groups (broad SMARTS) is 1. The van der Waals surface area contributed by atoms with E-state index in [4.69, 9.17) is 9.47 Å². The minimum absolute atomic E-state index is 0.0214. The quantitative estimate of drug-likeness (QED) is 0.532. The molecule has 3 aliphatic rings. The van der Waals surface area contributed by atoms with E-state index in [9.17, 15) is 23.1 Å². The van der Waals surface area contributed by atoms with Gasteiger partial charge in [-0.25, -0.2) is 8.42 Å². The highest BCUT2D eigenvalue weighted by Crippen LogP contribution is 2.40. The summed E-state index contributed by atoms with van der Waals surface area (Å²) in [6.45, 7) is 2.43. The van der Waals surface area contributed by atoms with Crippen molar-refractivity contribution in [2.75, 3.05) is 35.9 Å². The standard InChI is InChI=1S/C26H25N3O7S/c30-25-3-1-2-21-18-10-16(14-29(21)25)13-28(15-18)22-6-4-17(26(31)32)11-20(22)27-37(33,34)19-5-7-23-24(12-19)36-9-8-35-23/h1-7,11-12,16,18,27H,8-10,13-15H2,(H,31,32)/p-1. The number of aromatic nitrogens is 1. The van der Waals surface area contributed by atoms with Crippen LogP contribution in [0.1, 0.15) is 28.4 Å². The van der Waals surface area contributed by atoms with Crippen LogP contribution in [0.15, 0.2) is 64.3 Å². The van der Waals surface area contributed by atoms with Crippen molar-refractivity contribution in [1.82, 2.24) is 4.57 Å².